The Balaban J connectivity index is 1.98. The molecule has 0 saturated carbocycles. The fourth-order valence-electron chi connectivity index (χ4n) is 3.85. The molecule has 1 aliphatic rings. The number of halogens is 2. The third kappa shape index (κ3) is 3.34. The van der Waals surface area contributed by atoms with Crippen LogP contribution in [0.4, 0.5) is 10.3 Å². The summed E-state index contributed by atoms with van der Waals surface area (Å²) in [5.74, 6) is 0.101. The largest absolute Gasteiger partial charge is 0.341 e. The molecule has 1 fully saturated rings. The van der Waals surface area contributed by atoms with Gasteiger partial charge >= 0.3 is 5.69 Å². The summed E-state index contributed by atoms with van der Waals surface area (Å²) in [6.45, 7) is 1.44. The van der Waals surface area contributed by atoms with Gasteiger partial charge in [0.2, 0.25) is 5.95 Å². The summed E-state index contributed by atoms with van der Waals surface area (Å²) < 4.78 is 17.9. The van der Waals surface area contributed by atoms with Gasteiger partial charge in [-0.3, -0.25) is 18.5 Å². The van der Waals surface area contributed by atoms with Gasteiger partial charge in [0.05, 0.1) is 6.54 Å². The number of aromatic nitrogens is 4. The number of piperidine rings is 1. The molecule has 2 aromatic heterocycles. The van der Waals surface area contributed by atoms with E-state index in [1.54, 1.807) is 11.6 Å². The normalized spacial score (nSPS) is 17.3. The molecule has 2 N–H and O–H groups in total. The van der Waals surface area contributed by atoms with E-state index in [0.29, 0.717) is 23.1 Å². The molecule has 0 amide bonds. The molecule has 1 aromatic carbocycles. The van der Waals surface area contributed by atoms with Gasteiger partial charge in [-0.05, 0) is 36.6 Å². The van der Waals surface area contributed by atoms with E-state index in [9.17, 15) is 14.0 Å². The summed E-state index contributed by atoms with van der Waals surface area (Å²) in [5, 5.41) is 0.385. The van der Waals surface area contributed by atoms with Crippen molar-refractivity contribution in [3.63, 3.8) is 0 Å². The van der Waals surface area contributed by atoms with Crippen LogP contribution < -0.4 is 21.9 Å². The van der Waals surface area contributed by atoms with Gasteiger partial charge in [0.25, 0.3) is 5.56 Å². The van der Waals surface area contributed by atoms with Gasteiger partial charge in [0.1, 0.15) is 5.82 Å². The molecule has 154 valence electrons. The van der Waals surface area contributed by atoms with Gasteiger partial charge in [0.15, 0.2) is 11.2 Å². The summed E-state index contributed by atoms with van der Waals surface area (Å²) in [5.41, 5.74) is 6.28. The van der Waals surface area contributed by atoms with E-state index in [2.05, 4.69) is 4.98 Å². The van der Waals surface area contributed by atoms with E-state index < -0.39 is 17.1 Å². The monoisotopic (exact) mass is 420 g/mol. The number of nitrogens with two attached hydrogens (primary N) is 1. The molecule has 1 saturated heterocycles. The minimum absolute atomic E-state index is 0.0126. The number of benzene rings is 1. The zero-order chi connectivity index (χ0) is 20.9. The molecule has 8 nitrogen and oxygen atoms in total. The van der Waals surface area contributed by atoms with Gasteiger partial charge in [0, 0.05) is 38.2 Å². The standard InChI is InChI=1S/C19H22ClFN6O2/c1-24-16-15(17(28)25(2)19(24)29)27(9-11-8-12(21)5-6-14(11)20)18(23-16)26-7-3-4-13(22)10-26/h5-6,8,13H,3-4,7,9-10,22H2,1-2H3/t13-/m1/s1. The molecule has 0 aliphatic carbocycles. The Hall–Kier alpha value is -2.65. The number of fused-ring (bicyclic) bond motifs is 1. The first-order valence-electron chi connectivity index (χ1n) is 9.38. The maximum atomic E-state index is 13.8. The Bertz CT molecular complexity index is 1210. The lowest BCUT2D eigenvalue weighted by molar-refractivity contribution is 0.495. The van der Waals surface area contributed by atoms with Crippen molar-refractivity contribution in [2.45, 2.75) is 25.4 Å². The number of nitrogens with zero attached hydrogens (tertiary/aromatic N) is 5. The zero-order valence-corrected chi connectivity index (χ0v) is 17.0. The number of imidazole rings is 1. The maximum absolute atomic E-state index is 13.8. The number of anilines is 1. The Morgan fingerprint density at radius 3 is 2.76 bits per heavy atom. The predicted molar refractivity (Wildman–Crippen MR) is 110 cm³/mol. The van der Waals surface area contributed by atoms with Crippen LogP contribution in [0, 0.1) is 5.82 Å². The van der Waals surface area contributed by atoms with E-state index in [1.165, 1.54) is 29.8 Å². The highest BCUT2D eigenvalue weighted by atomic mass is 35.5. The smallest absolute Gasteiger partial charge is 0.332 e. The summed E-state index contributed by atoms with van der Waals surface area (Å²) in [4.78, 5) is 32.0. The molecule has 4 rings (SSSR count). The number of hydrogen-bond donors (Lipinski definition) is 1. The van der Waals surface area contributed by atoms with Gasteiger partial charge in [-0.2, -0.15) is 4.98 Å². The first kappa shape index (κ1) is 19.7. The van der Waals surface area contributed by atoms with Crippen molar-refractivity contribution in [3.8, 4) is 0 Å². The van der Waals surface area contributed by atoms with Crippen LogP contribution in [0.2, 0.25) is 5.02 Å². The number of hydrogen-bond acceptors (Lipinski definition) is 5. The molecule has 1 aliphatic heterocycles. The Kier molecular flexibility index (Phi) is 4.95. The third-order valence-electron chi connectivity index (χ3n) is 5.40. The highest BCUT2D eigenvalue weighted by molar-refractivity contribution is 6.31. The minimum Gasteiger partial charge on any atom is -0.341 e. The molecule has 0 bridgehead atoms. The fourth-order valence-corrected chi connectivity index (χ4v) is 4.03. The molecule has 0 unspecified atom stereocenters. The van der Waals surface area contributed by atoms with Crippen LogP contribution in [-0.4, -0.2) is 37.8 Å². The van der Waals surface area contributed by atoms with Crippen molar-refractivity contribution in [2.24, 2.45) is 19.8 Å². The summed E-state index contributed by atoms with van der Waals surface area (Å²) in [6.07, 6.45) is 1.80. The van der Waals surface area contributed by atoms with Crippen molar-refractivity contribution in [1.82, 2.24) is 18.7 Å². The highest BCUT2D eigenvalue weighted by Gasteiger charge is 2.26. The SMILES string of the molecule is Cn1c(=O)c2c(nc(N3CCC[C@@H](N)C3)n2Cc2cc(F)ccc2Cl)n(C)c1=O. The second-order valence-corrected chi connectivity index (χ2v) is 7.87. The van der Waals surface area contributed by atoms with E-state index in [4.69, 9.17) is 17.3 Å². The molecule has 1 atom stereocenters. The molecule has 0 radical (unpaired) electrons. The minimum atomic E-state index is -0.462. The fraction of sp³-hybridized carbons (Fsp3) is 0.421. The third-order valence-corrected chi connectivity index (χ3v) is 5.77. The second kappa shape index (κ2) is 7.31. The predicted octanol–water partition coefficient (Wildman–Crippen LogP) is 1.20. The van der Waals surface area contributed by atoms with Gasteiger partial charge in [-0.25, -0.2) is 9.18 Å². The summed E-state index contributed by atoms with van der Waals surface area (Å²) in [7, 11) is 3.00. The van der Waals surface area contributed by atoms with Gasteiger partial charge in [-0.1, -0.05) is 11.6 Å². The van der Waals surface area contributed by atoms with Crippen molar-refractivity contribution in [2.75, 3.05) is 18.0 Å². The Morgan fingerprint density at radius 2 is 2.03 bits per heavy atom. The molecule has 3 aromatic rings. The molecular weight excluding hydrogens is 399 g/mol. The van der Waals surface area contributed by atoms with Crippen molar-refractivity contribution in [3.05, 3.63) is 55.4 Å². The molecule has 10 heteroatoms. The highest BCUT2D eigenvalue weighted by Crippen LogP contribution is 2.26. The van der Waals surface area contributed by atoms with Crippen LogP contribution in [0.1, 0.15) is 18.4 Å². The molecule has 29 heavy (non-hydrogen) atoms. The average Bonchev–Trinajstić information content (AvgIpc) is 3.07. The Labute approximate surface area is 170 Å². The Morgan fingerprint density at radius 1 is 1.28 bits per heavy atom. The van der Waals surface area contributed by atoms with Crippen LogP contribution in [-0.2, 0) is 20.6 Å². The van der Waals surface area contributed by atoms with Gasteiger partial charge < -0.3 is 10.6 Å². The number of aryl methyl sites for hydroxylation is 1. The lowest BCUT2D eigenvalue weighted by Gasteiger charge is -2.32. The van der Waals surface area contributed by atoms with Crippen LogP contribution in [0.15, 0.2) is 27.8 Å². The van der Waals surface area contributed by atoms with E-state index >= 15 is 0 Å². The van der Waals surface area contributed by atoms with Crippen LogP contribution in [0.5, 0.6) is 0 Å². The van der Waals surface area contributed by atoms with Crippen molar-refractivity contribution in [1.29, 1.82) is 0 Å². The average molecular weight is 421 g/mol. The van der Waals surface area contributed by atoms with E-state index in [0.717, 1.165) is 24.0 Å². The summed E-state index contributed by atoms with van der Waals surface area (Å²) in [6, 6.07) is 4.09. The number of rotatable bonds is 3. The zero-order valence-electron chi connectivity index (χ0n) is 16.2. The summed E-state index contributed by atoms with van der Waals surface area (Å²) >= 11 is 6.28. The van der Waals surface area contributed by atoms with Crippen LogP contribution in [0.3, 0.4) is 0 Å². The quantitative estimate of drug-likeness (QED) is 0.687. The molecule has 0 spiro atoms. The van der Waals surface area contributed by atoms with Crippen LogP contribution in [0.25, 0.3) is 11.2 Å². The maximum Gasteiger partial charge on any atom is 0.332 e. The van der Waals surface area contributed by atoms with Gasteiger partial charge in [-0.15, -0.1) is 0 Å². The topological polar surface area (TPSA) is 91.1 Å². The van der Waals surface area contributed by atoms with Crippen LogP contribution >= 0.6 is 11.6 Å². The second-order valence-electron chi connectivity index (χ2n) is 7.46. The van der Waals surface area contributed by atoms with Crippen molar-refractivity contribution >= 4 is 28.7 Å². The lowest BCUT2D eigenvalue weighted by atomic mass is 10.1. The first-order valence-corrected chi connectivity index (χ1v) is 9.76. The van der Waals surface area contributed by atoms with Crippen molar-refractivity contribution < 1.29 is 4.39 Å². The lowest BCUT2D eigenvalue weighted by Crippen LogP contribution is -2.44. The molecular formula is C19H22ClFN6O2. The molecule has 3 heterocycles. The first-order chi connectivity index (χ1) is 13.8. The van der Waals surface area contributed by atoms with E-state index in [1.807, 2.05) is 4.90 Å². The van der Waals surface area contributed by atoms with E-state index in [-0.39, 0.29) is 23.8 Å².